The summed E-state index contributed by atoms with van der Waals surface area (Å²) in [5.41, 5.74) is 0. The van der Waals surface area contributed by atoms with Crippen LogP contribution in [0.15, 0.2) is 12.1 Å². The van der Waals surface area contributed by atoms with Crippen LogP contribution in [-0.2, 0) is 0 Å². The van der Waals surface area contributed by atoms with Crippen molar-refractivity contribution in [2.24, 2.45) is 0 Å². The molecule has 1 aromatic carbocycles. The fraction of sp³-hybridized carbons (Fsp3) is 0.111. The minimum Gasteiger partial charge on any atom is -0.478 e. The first-order valence-electron chi connectivity index (χ1n) is 3.17. The molecular formula is C9H5Cl2O. The molecule has 1 radical (unpaired) electrons. The first-order chi connectivity index (χ1) is 5.75. The molecule has 0 spiro atoms. The number of benzene rings is 1. The Labute approximate surface area is 81.2 Å². The standard InChI is InChI=1S/C9H5Cl2O/c1-2-6-12-9-7(10)4-3-5-8(9)11/h1,3-4H,6H2. The second-order valence-corrected chi connectivity index (χ2v) is 2.75. The number of hydrogen-bond donors (Lipinski definition) is 0. The van der Waals surface area contributed by atoms with Gasteiger partial charge in [-0.1, -0.05) is 35.2 Å². The molecule has 0 aliphatic rings. The minimum atomic E-state index is 0.150. The summed E-state index contributed by atoms with van der Waals surface area (Å²) in [7, 11) is 0. The monoisotopic (exact) mass is 199 g/mol. The molecule has 0 heterocycles. The third kappa shape index (κ3) is 2.07. The van der Waals surface area contributed by atoms with Crippen molar-refractivity contribution in [1.29, 1.82) is 0 Å². The molecule has 0 saturated carbocycles. The molecule has 1 aromatic rings. The molecule has 61 valence electrons. The average Bonchev–Trinajstić information content (AvgIpc) is 2.04. The Balaban J connectivity index is 2.90. The molecule has 0 aliphatic heterocycles. The van der Waals surface area contributed by atoms with E-state index in [-0.39, 0.29) is 6.61 Å². The molecule has 0 aromatic heterocycles. The molecule has 0 fully saturated rings. The molecule has 0 aliphatic carbocycles. The maximum Gasteiger partial charge on any atom is 0.158 e. The van der Waals surface area contributed by atoms with Crippen LogP contribution in [0.3, 0.4) is 0 Å². The zero-order valence-electron chi connectivity index (χ0n) is 6.10. The van der Waals surface area contributed by atoms with Gasteiger partial charge in [0.15, 0.2) is 5.75 Å². The second kappa shape index (κ2) is 4.25. The molecule has 12 heavy (non-hydrogen) atoms. The van der Waals surface area contributed by atoms with Gasteiger partial charge in [0.25, 0.3) is 0 Å². The summed E-state index contributed by atoms with van der Waals surface area (Å²) in [6.45, 7) is 0.150. The van der Waals surface area contributed by atoms with Crippen LogP contribution in [-0.4, -0.2) is 6.61 Å². The smallest absolute Gasteiger partial charge is 0.158 e. The van der Waals surface area contributed by atoms with Gasteiger partial charge in [-0.05, 0) is 6.07 Å². The van der Waals surface area contributed by atoms with Crippen LogP contribution < -0.4 is 4.74 Å². The molecule has 3 heteroatoms. The first-order valence-corrected chi connectivity index (χ1v) is 3.93. The highest BCUT2D eigenvalue weighted by Crippen LogP contribution is 2.31. The third-order valence-corrected chi connectivity index (χ3v) is 1.73. The molecule has 0 N–H and O–H groups in total. The lowest BCUT2D eigenvalue weighted by molar-refractivity contribution is 0.371. The van der Waals surface area contributed by atoms with Crippen molar-refractivity contribution in [3.63, 3.8) is 0 Å². The van der Waals surface area contributed by atoms with E-state index in [0.717, 1.165) is 0 Å². The van der Waals surface area contributed by atoms with E-state index >= 15 is 0 Å². The Bertz CT molecular complexity index is 295. The van der Waals surface area contributed by atoms with Crippen LogP contribution in [0.5, 0.6) is 5.75 Å². The van der Waals surface area contributed by atoms with Gasteiger partial charge in [-0.25, -0.2) is 0 Å². The Kier molecular flexibility index (Phi) is 3.28. The number of ether oxygens (including phenoxy) is 1. The molecule has 0 amide bonds. The Morgan fingerprint density at radius 2 is 2.33 bits per heavy atom. The maximum atomic E-state index is 5.77. The Morgan fingerprint density at radius 3 is 2.92 bits per heavy atom. The maximum absolute atomic E-state index is 5.77. The zero-order valence-corrected chi connectivity index (χ0v) is 7.62. The van der Waals surface area contributed by atoms with E-state index < -0.39 is 0 Å². The van der Waals surface area contributed by atoms with Crippen molar-refractivity contribution in [1.82, 2.24) is 0 Å². The van der Waals surface area contributed by atoms with Gasteiger partial charge in [0, 0.05) is 6.07 Å². The summed E-state index contributed by atoms with van der Waals surface area (Å²) in [6, 6.07) is 5.99. The summed E-state index contributed by atoms with van der Waals surface area (Å²) in [4.78, 5) is 0. The van der Waals surface area contributed by atoms with E-state index in [9.17, 15) is 0 Å². The van der Waals surface area contributed by atoms with Crippen molar-refractivity contribution in [3.05, 3.63) is 28.2 Å². The van der Waals surface area contributed by atoms with E-state index in [2.05, 4.69) is 12.0 Å². The van der Waals surface area contributed by atoms with Gasteiger partial charge in [-0.2, -0.15) is 0 Å². The van der Waals surface area contributed by atoms with Crippen LogP contribution in [0.2, 0.25) is 10.0 Å². The van der Waals surface area contributed by atoms with Gasteiger partial charge in [0.05, 0.1) is 10.0 Å². The van der Waals surface area contributed by atoms with Gasteiger partial charge < -0.3 is 4.74 Å². The molecule has 1 nitrogen and oxygen atoms in total. The van der Waals surface area contributed by atoms with Crippen molar-refractivity contribution < 1.29 is 4.74 Å². The lowest BCUT2D eigenvalue weighted by Crippen LogP contribution is -1.94. The summed E-state index contributed by atoms with van der Waals surface area (Å²) in [6.07, 6.45) is 5.01. The summed E-state index contributed by atoms with van der Waals surface area (Å²) >= 11 is 11.5. The van der Waals surface area contributed by atoms with Crippen molar-refractivity contribution in [3.8, 4) is 18.1 Å². The van der Waals surface area contributed by atoms with Gasteiger partial charge in [0.2, 0.25) is 0 Å². The summed E-state index contributed by atoms with van der Waals surface area (Å²) in [5, 5.41) is 0.784. The van der Waals surface area contributed by atoms with Crippen LogP contribution >= 0.6 is 23.2 Å². The largest absolute Gasteiger partial charge is 0.478 e. The average molecular weight is 200 g/mol. The van der Waals surface area contributed by atoms with E-state index in [1.54, 1.807) is 12.1 Å². The second-order valence-electron chi connectivity index (χ2n) is 1.96. The van der Waals surface area contributed by atoms with Gasteiger partial charge >= 0.3 is 0 Å². The Hall–Kier alpha value is -0.840. The predicted octanol–water partition coefficient (Wildman–Crippen LogP) is 2.81. The number of halogens is 2. The van der Waals surface area contributed by atoms with E-state index in [1.807, 2.05) is 0 Å². The number of terminal acetylenes is 1. The molecule has 0 atom stereocenters. The predicted molar refractivity (Wildman–Crippen MR) is 49.6 cm³/mol. The quantitative estimate of drug-likeness (QED) is 0.667. The summed E-state index contributed by atoms with van der Waals surface area (Å²) in [5.74, 6) is 2.70. The molecule has 1 rings (SSSR count). The molecule has 0 unspecified atom stereocenters. The van der Waals surface area contributed by atoms with Crippen molar-refractivity contribution in [2.45, 2.75) is 0 Å². The SMILES string of the molecule is C#CCOc1c(Cl)[c]ccc1Cl. The number of hydrogen-bond acceptors (Lipinski definition) is 1. The lowest BCUT2D eigenvalue weighted by atomic mass is 10.3. The highest BCUT2D eigenvalue weighted by atomic mass is 35.5. The first kappa shape index (κ1) is 9.25. The van der Waals surface area contributed by atoms with E-state index in [1.165, 1.54) is 0 Å². The Morgan fingerprint density at radius 1 is 1.58 bits per heavy atom. The van der Waals surface area contributed by atoms with Gasteiger partial charge in [-0.15, -0.1) is 6.42 Å². The fourth-order valence-corrected chi connectivity index (χ4v) is 1.16. The van der Waals surface area contributed by atoms with Gasteiger partial charge in [-0.3, -0.25) is 0 Å². The minimum absolute atomic E-state index is 0.150. The van der Waals surface area contributed by atoms with Crippen molar-refractivity contribution >= 4 is 23.2 Å². The van der Waals surface area contributed by atoms with E-state index in [4.69, 9.17) is 34.4 Å². The molecule has 0 bridgehead atoms. The molecule has 0 saturated heterocycles. The topological polar surface area (TPSA) is 9.23 Å². The van der Waals surface area contributed by atoms with Crippen LogP contribution in [0.4, 0.5) is 0 Å². The number of rotatable bonds is 2. The third-order valence-electron chi connectivity index (χ3n) is 1.16. The van der Waals surface area contributed by atoms with Crippen LogP contribution in [0.1, 0.15) is 0 Å². The highest BCUT2D eigenvalue weighted by Gasteiger charge is 2.05. The lowest BCUT2D eigenvalue weighted by Gasteiger charge is -2.05. The normalized spacial score (nSPS) is 9.08. The fourth-order valence-electron chi connectivity index (χ4n) is 0.680. The highest BCUT2D eigenvalue weighted by molar-refractivity contribution is 6.37. The summed E-state index contributed by atoms with van der Waals surface area (Å²) < 4.78 is 5.09. The van der Waals surface area contributed by atoms with Crippen LogP contribution in [0, 0.1) is 18.4 Å². The zero-order chi connectivity index (χ0) is 8.97. The van der Waals surface area contributed by atoms with Crippen LogP contribution in [0.25, 0.3) is 0 Å². The molecular weight excluding hydrogens is 195 g/mol. The van der Waals surface area contributed by atoms with E-state index in [0.29, 0.717) is 15.8 Å². The van der Waals surface area contributed by atoms with Gasteiger partial charge in [0.1, 0.15) is 6.61 Å². The van der Waals surface area contributed by atoms with Crippen molar-refractivity contribution in [2.75, 3.05) is 6.61 Å².